The Labute approximate surface area is 171 Å². The summed E-state index contributed by atoms with van der Waals surface area (Å²) < 4.78 is 5.41. The molecular formula is C23H27N3O3. The minimum Gasteiger partial charge on any atom is -0.449 e. The number of likely N-dealkylation sites (tertiary alicyclic amines) is 1. The summed E-state index contributed by atoms with van der Waals surface area (Å²) in [6, 6.07) is 20.0. The number of amides is 3. The van der Waals surface area contributed by atoms with Gasteiger partial charge < -0.3 is 15.0 Å². The maximum Gasteiger partial charge on any atom is 0.410 e. The van der Waals surface area contributed by atoms with E-state index in [1.54, 1.807) is 4.90 Å². The SMILES string of the molecule is O=C(NCCc1ccccc1)N1CC[C@@H]2COC(=O)N(Cc3ccccc3)[C@@H]2C1. The van der Waals surface area contributed by atoms with Crippen LogP contribution in [0.15, 0.2) is 60.7 Å². The van der Waals surface area contributed by atoms with Crippen molar-refractivity contribution in [1.82, 2.24) is 15.1 Å². The molecule has 2 aliphatic heterocycles. The standard InChI is InChI=1S/C23H27N3O3/c27-22(24-13-11-18-7-3-1-4-8-18)25-14-12-20-17-29-23(28)26(21(20)16-25)15-19-9-5-2-6-10-19/h1-10,20-21H,11-17H2,(H,24,27)/t20-,21-/m1/s1. The van der Waals surface area contributed by atoms with E-state index in [1.165, 1.54) is 5.56 Å². The van der Waals surface area contributed by atoms with Gasteiger partial charge in [-0.1, -0.05) is 60.7 Å². The van der Waals surface area contributed by atoms with Crippen molar-refractivity contribution in [2.75, 3.05) is 26.2 Å². The fourth-order valence-electron chi connectivity index (χ4n) is 4.14. The topological polar surface area (TPSA) is 61.9 Å². The van der Waals surface area contributed by atoms with Crippen LogP contribution in [-0.2, 0) is 17.7 Å². The summed E-state index contributed by atoms with van der Waals surface area (Å²) in [5, 5.41) is 3.02. The highest BCUT2D eigenvalue weighted by molar-refractivity contribution is 5.75. The monoisotopic (exact) mass is 393 g/mol. The predicted octanol–water partition coefficient (Wildman–Crippen LogP) is 3.28. The highest BCUT2D eigenvalue weighted by Crippen LogP contribution is 2.29. The lowest BCUT2D eigenvalue weighted by atomic mass is 9.90. The number of rotatable bonds is 5. The van der Waals surface area contributed by atoms with Gasteiger partial charge in [0.1, 0.15) is 0 Å². The molecule has 2 atom stereocenters. The van der Waals surface area contributed by atoms with Gasteiger partial charge in [0.05, 0.1) is 12.6 Å². The molecule has 0 saturated carbocycles. The van der Waals surface area contributed by atoms with Crippen LogP contribution in [-0.4, -0.2) is 54.2 Å². The van der Waals surface area contributed by atoms with Gasteiger partial charge in [0.25, 0.3) is 0 Å². The van der Waals surface area contributed by atoms with Crippen LogP contribution < -0.4 is 5.32 Å². The number of cyclic esters (lactones) is 1. The fraction of sp³-hybridized carbons (Fsp3) is 0.391. The van der Waals surface area contributed by atoms with Crippen molar-refractivity contribution in [3.8, 4) is 0 Å². The normalized spacial score (nSPS) is 21.3. The van der Waals surface area contributed by atoms with Gasteiger partial charge >= 0.3 is 12.1 Å². The first-order valence-corrected chi connectivity index (χ1v) is 10.2. The fourth-order valence-corrected chi connectivity index (χ4v) is 4.14. The van der Waals surface area contributed by atoms with Crippen LogP contribution in [0.2, 0.25) is 0 Å². The van der Waals surface area contributed by atoms with Gasteiger partial charge in [-0.05, 0) is 24.0 Å². The number of carbonyl (C=O) groups excluding carboxylic acids is 2. The van der Waals surface area contributed by atoms with Crippen molar-refractivity contribution in [1.29, 1.82) is 0 Å². The molecule has 0 unspecified atom stereocenters. The average Bonchev–Trinajstić information content (AvgIpc) is 2.77. The van der Waals surface area contributed by atoms with E-state index in [4.69, 9.17) is 4.74 Å². The number of hydrogen-bond donors (Lipinski definition) is 1. The Balaban J connectivity index is 1.36. The molecule has 152 valence electrons. The van der Waals surface area contributed by atoms with E-state index in [-0.39, 0.29) is 24.1 Å². The third-order valence-corrected chi connectivity index (χ3v) is 5.79. The van der Waals surface area contributed by atoms with Crippen molar-refractivity contribution in [2.24, 2.45) is 5.92 Å². The predicted molar refractivity (Wildman–Crippen MR) is 110 cm³/mol. The first kappa shape index (κ1) is 19.3. The molecule has 0 radical (unpaired) electrons. The zero-order valence-electron chi connectivity index (χ0n) is 16.5. The van der Waals surface area contributed by atoms with Crippen molar-refractivity contribution >= 4 is 12.1 Å². The van der Waals surface area contributed by atoms with E-state index in [9.17, 15) is 9.59 Å². The molecule has 1 N–H and O–H groups in total. The van der Waals surface area contributed by atoms with Gasteiger partial charge in [-0.2, -0.15) is 0 Å². The van der Waals surface area contributed by atoms with Crippen LogP contribution in [0.5, 0.6) is 0 Å². The summed E-state index contributed by atoms with van der Waals surface area (Å²) in [6.07, 6.45) is 1.36. The number of fused-ring (bicyclic) bond motifs is 1. The lowest BCUT2D eigenvalue weighted by Gasteiger charge is -2.46. The first-order chi connectivity index (χ1) is 14.2. The third kappa shape index (κ3) is 4.70. The molecule has 2 aromatic carbocycles. The van der Waals surface area contributed by atoms with Crippen molar-refractivity contribution in [3.05, 3.63) is 71.8 Å². The maximum absolute atomic E-state index is 12.7. The second kappa shape index (κ2) is 8.99. The lowest BCUT2D eigenvalue weighted by molar-refractivity contribution is -0.0241. The second-order valence-electron chi connectivity index (χ2n) is 7.72. The molecule has 2 aliphatic rings. The van der Waals surface area contributed by atoms with E-state index >= 15 is 0 Å². The van der Waals surface area contributed by atoms with Gasteiger partial charge in [0, 0.05) is 32.1 Å². The van der Waals surface area contributed by atoms with Crippen LogP contribution in [0.1, 0.15) is 17.5 Å². The summed E-state index contributed by atoms with van der Waals surface area (Å²) in [5.41, 5.74) is 2.27. The van der Waals surface area contributed by atoms with Crippen molar-refractivity contribution in [2.45, 2.75) is 25.4 Å². The summed E-state index contributed by atoms with van der Waals surface area (Å²) >= 11 is 0. The molecule has 2 heterocycles. The largest absolute Gasteiger partial charge is 0.449 e. The Morgan fingerprint density at radius 2 is 1.72 bits per heavy atom. The molecular weight excluding hydrogens is 366 g/mol. The van der Waals surface area contributed by atoms with E-state index in [1.807, 2.05) is 53.4 Å². The van der Waals surface area contributed by atoms with Crippen molar-refractivity contribution in [3.63, 3.8) is 0 Å². The van der Waals surface area contributed by atoms with E-state index in [2.05, 4.69) is 17.4 Å². The Kier molecular flexibility index (Phi) is 5.98. The number of nitrogens with one attached hydrogen (secondary N) is 1. The quantitative estimate of drug-likeness (QED) is 0.848. The smallest absolute Gasteiger partial charge is 0.410 e. The molecule has 2 aromatic rings. The number of nitrogens with zero attached hydrogens (tertiary/aromatic N) is 2. The number of piperidine rings is 1. The molecule has 29 heavy (non-hydrogen) atoms. The highest BCUT2D eigenvalue weighted by atomic mass is 16.6. The molecule has 3 amide bonds. The number of carbonyl (C=O) groups is 2. The second-order valence-corrected chi connectivity index (χ2v) is 7.72. The summed E-state index contributed by atoms with van der Waals surface area (Å²) in [7, 11) is 0. The Morgan fingerprint density at radius 3 is 2.45 bits per heavy atom. The van der Waals surface area contributed by atoms with Gasteiger partial charge in [0.2, 0.25) is 0 Å². The van der Waals surface area contributed by atoms with Crippen LogP contribution in [0.4, 0.5) is 9.59 Å². The molecule has 0 aliphatic carbocycles. The van der Waals surface area contributed by atoms with Gasteiger partial charge in [-0.15, -0.1) is 0 Å². The number of ether oxygens (including phenoxy) is 1. The highest BCUT2D eigenvalue weighted by Gasteiger charge is 2.41. The lowest BCUT2D eigenvalue weighted by Crippen LogP contribution is -2.60. The summed E-state index contributed by atoms with van der Waals surface area (Å²) in [5.74, 6) is 0.268. The van der Waals surface area contributed by atoms with Crippen LogP contribution in [0, 0.1) is 5.92 Å². The average molecular weight is 393 g/mol. The number of urea groups is 1. The van der Waals surface area contributed by atoms with Crippen LogP contribution in [0.3, 0.4) is 0 Å². The zero-order chi connectivity index (χ0) is 20.1. The summed E-state index contributed by atoms with van der Waals surface area (Å²) in [6.45, 7) is 2.78. The molecule has 0 bridgehead atoms. The molecule has 2 fully saturated rings. The minimum absolute atomic E-state index is 0.00919. The van der Waals surface area contributed by atoms with Gasteiger partial charge in [0.15, 0.2) is 0 Å². The van der Waals surface area contributed by atoms with E-state index in [0.717, 1.165) is 18.4 Å². The van der Waals surface area contributed by atoms with Crippen LogP contribution >= 0.6 is 0 Å². The summed E-state index contributed by atoms with van der Waals surface area (Å²) in [4.78, 5) is 28.8. The minimum atomic E-state index is -0.290. The third-order valence-electron chi connectivity index (χ3n) is 5.79. The first-order valence-electron chi connectivity index (χ1n) is 10.2. The molecule has 0 spiro atoms. The van der Waals surface area contributed by atoms with Gasteiger partial charge in [-0.25, -0.2) is 9.59 Å². The van der Waals surface area contributed by atoms with Crippen LogP contribution in [0.25, 0.3) is 0 Å². The maximum atomic E-state index is 12.7. The number of benzene rings is 2. The Morgan fingerprint density at radius 1 is 1.03 bits per heavy atom. The molecule has 2 saturated heterocycles. The van der Waals surface area contributed by atoms with Gasteiger partial charge in [-0.3, -0.25) is 4.90 Å². The van der Waals surface area contributed by atoms with Crippen molar-refractivity contribution < 1.29 is 14.3 Å². The Bertz CT molecular complexity index is 828. The molecule has 6 heteroatoms. The Hall–Kier alpha value is -3.02. The molecule has 0 aromatic heterocycles. The zero-order valence-corrected chi connectivity index (χ0v) is 16.5. The van der Waals surface area contributed by atoms with E-state index in [0.29, 0.717) is 32.8 Å². The molecule has 6 nitrogen and oxygen atoms in total. The van der Waals surface area contributed by atoms with E-state index < -0.39 is 0 Å². The number of hydrogen-bond acceptors (Lipinski definition) is 3. The molecule has 4 rings (SSSR count).